The monoisotopic (exact) mass is 377 g/mol. The largest absolute Gasteiger partial charge is 0.384 e. The molecule has 6 heteroatoms. The molecule has 2 aliphatic heterocycles. The van der Waals surface area contributed by atoms with E-state index in [1.807, 2.05) is 41.3 Å². The van der Waals surface area contributed by atoms with Crippen LogP contribution in [0.2, 0.25) is 0 Å². The van der Waals surface area contributed by atoms with Crippen molar-refractivity contribution in [2.75, 3.05) is 24.5 Å². The lowest BCUT2D eigenvalue weighted by molar-refractivity contribution is -0.131. The molecule has 2 aromatic carbocycles. The molecular weight excluding hydrogens is 350 g/mol. The van der Waals surface area contributed by atoms with E-state index in [1.54, 1.807) is 0 Å². The van der Waals surface area contributed by atoms with E-state index in [2.05, 4.69) is 17.0 Å². The SMILES string of the molecule is N=C(N)c1ccc2c(c1)N(CCc1ccccc1)C(C(=O)N1CC[C@@H](N)C1)C2. The van der Waals surface area contributed by atoms with Crippen LogP contribution in [0, 0.1) is 5.41 Å². The summed E-state index contributed by atoms with van der Waals surface area (Å²) >= 11 is 0. The maximum Gasteiger partial charge on any atom is 0.245 e. The summed E-state index contributed by atoms with van der Waals surface area (Å²) in [6, 6.07) is 16.0. The van der Waals surface area contributed by atoms with Gasteiger partial charge in [0.1, 0.15) is 11.9 Å². The van der Waals surface area contributed by atoms with E-state index < -0.39 is 0 Å². The molecule has 4 rings (SSSR count). The van der Waals surface area contributed by atoms with E-state index in [1.165, 1.54) is 5.56 Å². The van der Waals surface area contributed by atoms with E-state index in [0.29, 0.717) is 18.5 Å². The van der Waals surface area contributed by atoms with Crippen molar-refractivity contribution < 1.29 is 4.79 Å². The number of amides is 1. The number of nitrogen functional groups attached to an aromatic ring is 1. The Balaban J connectivity index is 1.61. The molecule has 2 heterocycles. The van der Waals surface area contributed by atoms with Crippen molar-refractivity contribution >= 4 is 17.4 Å². The maximum absolute atomic E-state index is 13.3. The highest BCUT2D eigenvalue weighted by Crippen LogP contribution is 2.34. The minimum absolute atomic E-state index is 0.0473. The number of rotatable bonds is 5. The second kappa shape index (κ2) is 7.64. The van der Waals surface area contributed by atoms with Gasteiger partial charge in [0.25, 0.3) is 0 Å². The first-order valence-corrected chi connectivity index (χ1v) is 9.85. The predicted molar refractivity (Wildman–Crippen MR) is 112 cm³/mol. The van der Waals surface area contributed by atoms with Crippen LogP contribution in [0.5, 0.6) is 0 Å². The number of anilines is 1. The first-order chi connectivity index (χ1) is 13.5. The van der Waals surface area contributed by atoms with Gasteiger partial charge in [0.2, 0.25) is 5.91 Å². The average molecular weight is 377 g/mol. The highest BCUT2D eigenvalue weighted by molar-refractivity contribution is 5.97. The van der Waals surface area contributed by atoms with Gasteiger partial charge < -0.3 is 21.3 Å². The Hall–Kier alpha value is -2.86. The highest BCUT2D eigenvalue weighted by Gasteiger charge is 2.38. The fourth-order valence-electron chi connectivity index (χ4n) is 4.25. The number of nitrogens with zero attached hydrogens (tertiary/aromatic N) is 2. The summed E-state index contributed by atoms with van der Waals surface area (Å²) < 4.78 is 0. The van der Waals surface area contributed by atoms with Crippen LogP contribution in [0.4, 0.5) is 5.69 Å². The molecule has 1 amide bonds. The summed E-state index contributed by atoms with van der Waals surface area (Å²) in [5, 5.41) is 7.76. The number of nitrogens with two attached hydrogens (primary N) is 2. The quantitative estimate of drug-likeness (QED) is 0.543. The molecule has 2 aromatic rings. The summed E-state index contributed by atoms with van der Waals surface area (Å²) in [5.41, 5.74) is 15.8. The van der Waals surface area contributed by atoms with Crippen molar-refractivity contribution in [2.24, 2.45) is 11.5 Å². The molecular formula is C22H27N5O. The minimum Gasteiger partial charge on any atom is -0.384 e. The summed E-state index contributed by atoms with van der Waals surface area (Å²) in [6.45, 7) is 2.11. The van der Waals surface area contributed by atoms with Gasteiger partial charge in [0.05, 0.1) is 0 Å². The lowest BCUT2D eigenvalue weighted by Crippen LogP contribution is -2.48. The van der Waals surface area contributed by atoms with E-state index in [4.69, 9.17) is 16.9 Å². The van der Waals surface area contributed by atoms with Crippen molar-refractivity contribution in [1.29, 1.82) is 5.41 Å². The molecule has 0 aromatic heterocycles. The van der Waals surface area contributed by atoms with Gasteiger partial charge >= 0.3 is 0 Å². The lowest BCUT2D eigenvalue weighted by Gasteiger charge is -2.30. The van der Waals surface area contributed by atoms with Gasteiger partial charge in [-0.1, -0.05) is 42.5 Å². The third-order valence-electron chi connectivity index (χ3n) is 5.80. The number of likely N-dealkylation sites (tertiary alicyclic amines) is 1. The number of amidine groups is 1. The van der Waals surface area contributed by atoms with E-state index in [0.717, 1.165) is 37.2 Å². The minimum atomic E-state index is -0.216. The zero-order chi connectivity index (χ0) is 19.7. The van der Waals surface area contributed by atoms with Crippen LogP contribution in [0.1, 0.15) is 23.1 Å². The van der Waals surface area contributed by atoms with Gasteiger partial charge in [0, 0.05) is 43.3 Å². The van der Waals surface area contributed by atoms with Crippen LogP contribution in [0.15, 0.2) is 48.5 Å². The molecule has 1 saturated heterocycles. The Labute approximate surface area is 165 Å². The molecule has 5 N–H and O–H groups in total. The Morgan fingerprint density at radius 2 is 1.96 bits per heavy atom. The van der Waals surface area contributed by atoms with Crippen molar-refractivity contribution in [3.05, 3.63) is 65.2 Å². The molecule has 0 radical (unpaired) electrons. The third kappa shape index (κ3) is 3.60. The van der Waals surface area contributed by atoms with Gasteiger partial charge in [-0.25, -0.2) is 0 Å². The lowest BCUT2D eigenvalue weighted by atomic mass is 10.1. The van der Waals surface area contributed by atoms with Crippen molar-refractivity contribution in [2.45, 2.75) is 31.3 Å². The fraction of sp³-hybridized carbons (Fsp3) is 0.364. The van der Waals surface area contributed by atoms with E-state index in [-0.39, 0.29) is 23.8 Å². The molecule has 6 nitrogen and oxygen atoms in total. The molecule has 28 heavy (non-hydrogen) atoms. The number of carbonyl (C=O) groups is 1. The van der Waals surface area contributed by atoms with Gasteiger partial charge in [-0.3, -0.25) is 10.2 Å². The first-order valence-electron chi connectivity index (χ1n) is 9.85. The normalized spacial score (nSPS) is 21.0. The molecule has 146 valence electrons. The average Bonchev–Trinajstić information content (AvgIpc) is 3.29. The molecule has 1 unspecified atom stereocenters. The Bertz CT molecular complexity index is 882. The number of fused-ring (bicyclic) bond motifs is 1. The summed E-state index contributed by atoms with van der Waals surface area (Å²) in [4.78, 5) is 17.4. The van der Waals surface area contributed by atoms with Crippen LogP contribution in [-0.2, 0) is 17.6 Å². The van der Waals surface area contributed by atoms with Crippen molar-refractivity contribution in [1.82, 2.24) is 4.90 Å². The summed E-state index contributed by atoms with van der Waals surface area (Å²) in [6.07, 6.45) is 2.41. The van der Waals surface area contributed by atoms with Gasteiger partial charge in [-0.05, 0) is 30.0 Å². The number of carbonyl (C=O) groups excluding carboxylic acids is 1. The first kappa shape index (κ1) is 18.5. The number of benzene rings is 2. The van der Waals surface area contributed by atoms with Crippen LogP contribution < -0.4 is 16.4 Å². The molecule has 0 aliphatic carbocycles. The van der Waals surface area contributed by atoms with E-state index in [9.17, 15) is 4.79 Å². The zero-order valence-corrected chi connectivity index (χ0v) is 16.0. The van der Waals surface area contributed by atoms with Gasteiger partial charge in [0.15, 0.2) is 0 Å². The predicted octanol–water partition coefficient (Wildman–Crippen LogP) is 1.50. The Kier molecular flexibility index (Phi) is 5.05. The van der Waals surface area contributed by atoms with Crippen LogP contribution in [0.25, 0.3) is 0 Å². The van der Waals surface area contributed by atoms with Crippen molar-refractivity contribution in [3.63, 3.8) is 0 Å². The Morgan fingerprint density at radius 3 is 2.64 bits per heavy atom. The maximum atomic E-state index is 13.3. The fourth-order valence-corrected chi connectivity index (χ4v) is 4.25. The second-order valence-corrected chi connectivity index (χ2v) is 7.74. The molecule has 1 fully saturated rings. The summed E-state index contributed by atoms with van der Waals surface area (Å²) in [7, 11) is 0. The molecule has 0 saturated carbocycles. The molecule has 2 aliphatic rings. The summed E-state index contributed by atoms with van der Waals surface area (Å²) in [5.74, 6) is 0.202. The standard InChI is InChI=1S/C22H27N5O/c23-18-9-10-26(14-18)22(28)20-12-16-6-7-17(21(24)25)13-19(16)27(20)11-8-15-4-2-1-3-5-15/h1-7,13,18,20H,8-12,14,23H2,(H3,24,25)/t18-,20?/m1/s1. The van der Waals surface area contributed by atoms with Gasteiger partial charge in [-0.15, -0.1) is 0 Å². The van der Waals surface area contributed by atoms with Gasteiger partial charge in [-0.2, -0.15) is 0 Å². The van der Waals surface area contributed by atoms with E-state index >= 15 is 0 Å². The number of hydrogen-bond donors (Lipinski definition) is 3. The number of hydrogen-bond acceptors (Lipinski definition) is 4. The second-order valence-electron chi connectivity index (χ2n) is 7.74. The van der Waals surface area contributed by atoms with Crippen LogP contribution in [0.3, 0.4) is 0 Å². The smallest absolute Gasteiger partial charge is 0.245 e. The topological polar surface area (TPSA) is 99.4 Å². The van der Waals surface area contributed by atoms with Crippen molar-refractivity contribution in [3.8, 4) is 0 Å². The molecule has 2 atom stereocenters. The Morgan fingerprint density at radius 1 is 1.18 bits per heavy atom. The van der Waals surface area contributed by atoms with Crippen LogP contribution in [-0.4, -0.2) is 48.4 Å². The molecule has 0 spiro atoms. The highest BCUT2D eigenvalue weighted by atomic mass is 16.2. The van der Waals surface area contributed by atoms with Crippen LogP contribution >= 0.6 is 0 Å². The third-order valence-corrected chi connectivity index (χ3v) is 5.80. The molecule has 0 bridgehead atoms. The number of nitrogens with one attached hydrogen (secondary N) is 1. The zero-order valence-electron chi connectivity index (χ0n) is 16.0.